The van der Waals surface area contributed by atoms with Gasteiger partial charge < -0.3 is 10.5 Å². The molecule has 1 aromatic heterocycles. The van der Waals surface area contributed by atoms with Gasteiger partial charge in [-0.1, -0.05) is 0 Å². The van der Waals surface area contributed by atoms with Gasteiger partial charge in [-0.3, -0.25) is 4.72 Å². The summed E-state index contributed by atoms with van der Waals surface area (Å²) in [5.74, 6) is -0.416. The lowest BCUT2D eigenvalue weighted by atomic mass is 10.3. The van der Waals surface area contributed by atoms with Crippen LogP contribution in [0, 0.1) is 5.82 Å². The Kier molecular flexibility index (Phi) is 4.87. The molecule has 0 aliphatic rings. The number of methoxy groups -OCH3 is 1. The number of ether oxygens (including phenoxy) is 1. The Morgan fingerprint density at radius 2 is 2.14 bits per heavy atom. The molecule has 9 heteroatoms. The molecule has 0 fully saturated rings. The van der Waals surface area contributed by atoms with Crippen molar-refractivity contribution in [3.63, 3.8) is 0 Å². The first-order chi connectivity index (χ1) is 9.87. The summed E-state index contributed by atoms with van der Waals surface area (Å²) >= 11 is 4.45. The first-order valence-corrected chi connectivity index (χ1v) is 8.81. The number of thiophene rings is 1. The Labute approximate surface area is 134 Å². The van der Waals surface area contributed by atoms with Crippen LogP contribution in [0.3, 0.4) is 0 Å². The van der Waals surface area contributed by atoms with Crippen molar-refractivity contribution in [3.05, 3.63) is 38.7 Å². The largest absolute Gasteiger partial charge is 0.494 e. The summed E-state index contributed by atoms with van der Waals surface area (Å²) in [5.41, 5.74) is 5.66. The van der Waals surface area contributed by atoms with Gasteiger partial charge in [0.15, 0.2) is 0 Å². The van der Waals surface area contributed by atoms with E-state index in [0.29, 0.717) is 3.79 Å². The number of rotatable bonds is 5. The highest BCUT2D eigenvalue weighted by molar-refractivity contribution is 9.11. The van der Waals surface area contributed by atoms with Crippen LogP contribution in [0.15, 0.2) is 32.9 Å². The molecule has 114 valence electrons. The van der Waals surface area contributed by atoms with Crippen LogP contribution in [-0.2, 0) is 16.6 Å². The van der Waals surface area contributed by atoms with Gasteiger partial charge in [0.25, 0.3) is 10.0 Å². The van der Waals surface area contributed by atoms with Crippen LogP contribution in [0.25, 0.3) is 0 Å². The van der Waals surface area contributed by atoms with Crippen LogP contribution >= 0.6 is 27.3 Å². The maximum Gasteiger partial charge on any atom is 0.264 e. The van der Waals surface area contributed by atoms with Gasteiger partial charge >= 0.3 is 0 Å². The maximum atomic E-state index is 13.1. The molecule has 0 amide bonds. The number of sulfonamides is 1. The fourth-order valence-corrected chi connectivity index (χ4v) is 5.26. The summed E-state index contributed by atoms with van der Waals surface area (Å²) in [6, 6.07) is 5.04. The molecule has 0 radical (unpaired) electrons. The second-order valence-corrected chi connectivity index (χ2v) is 8.11. The SMILES string of the molecule is COc1cc(F)ccc1NS(=O)(=O)c1cc(CN)sc1Br. The third-order valence-corrected chi connectivity index (χ3v) is 6.25. The number of hydrogen-bond acceptors (Lipinski definition) is 5. The van der Waals surface area contributed by atoms with Gasteiger partial charge in [0.1, 0.15) is 16.5 Å². The van der Waals surface area contributed by atoms with Crippen LogP contribution in [-0.4, -0.2) is 15.5 Å². The summed E-state index contributed by atoms with van der Waals surface area (Å²) < 4.78 is 45.7. The van der Waals surface area contributed by atoms with Gasteiger partial charge in [0.05, 0.1) is 16.6 Å². The van der Waals surface area contributed by atoms with Gasteiger partial charge in [0, 0.05) is 17.5 Å². The molecule has 0 saturated heterocycles. The molecule has 0 bridgehead atoms. The Hall–Kier alpha value is -1.16. The van der Waals surface area contributed by atoms with E-state index in [0.717, 1.165) is 17.0 Å². The molecule has 1 aromatic carbocycles. The van der Waals surface area contributed by atoms with Crippen LogP contribution in [0.5, 0.6) is 5.75 Å². The summed E-state index contributed by atoms with van der Waals surface area (Å²) in [5, 5.41) is 0. The number of halogens is 2. The van der Waals surface area contributed by atoms with E-state index in [1.807, 2.05) is 0 Å². The van der Waals surface area contributed by atoms with Crippen molar-refractivity contribution in [1.82, 2.24) is 0 Å². The Morgan fingerprint density at radius 3 is 2.71 bits per heavy atom. The molecule has 21 heavy (non-hydrogen) atoms. The second kappa shape index (κ2) is 6.30. The zero-order valence-electron chi connectivity index (χ0n) is 10.9. The Balaban J connectivity index is 2.39. The average molecular weight is 395 g/mol. The van der Waals surface area contributed by atoms with Crippen LogP contribution in [0.2, 0.25) is 0 Å². The van der Waals surface area contributed by atoms with Crippen LogP contribution in [0.4, 0.5) is 10.1 Å². The quantitative estimate of drug-likeness (QED) is 0.816. The lowest BCUT2D eigenvalue weighted by Gasteiger charge is -2.11. The number of anilines is 1. The summed E-state index contributed by atoms with van der Waals surface area (Å²) in [4.78, 5) is 0.813. The minimum atomic E-state index is -3.82. The molecule has 2 aromatic rings. The van der Waals surface area contributed by atoms with E-state index in [1.165, 1.54) is 30.6 Å². The maximum absolute atomic E-state index is 13.1. The second-order valence-electron chi connectivity index (χ2n) is 4.00. The van der Waals surface area contributed by atoms with Gasteiger partial charge in [-0.2, -0.15) is 0 Å². The summed E-state index contributed by atoms with van der Waals surface area (Å²) in [6.07, 6.45) is 0. The average Bonchev–Trinajstić information content (AvgIpc) is 2.82. The normalized spacial score (nSPS) is 11.4. The minimum Gasteiger partial charge on any atom is -0.494 e. The van der Waals surface area contributed by atoms with Crippen LogP contribution < -0.4 is 15.2 Å². The molecule has 1 heterocycles. The van der Waals surface area contributed by atoms with Crippen molar-refractivity contribution in [2.45, 2.75) is 11.4 Å². The molecule has 2 rings (SSSR count). The first-order valence-electron chi connectivity index (χ1n) is 5.72. The number of hydrogen-bond donors (Lipinski definition) is 2. The van der Waals surface area contributed by atoms with Crippen molar-refractivity contribution >= 4 is 43.0 Å². The minimum absolute atomic E-state index is 0.0827. The lowest BCUT2D eigenvalue weighted by molar-refractivity contribution is 0.413. The van der Waals surface area contributed by atoms with Crippen molar-refractivity contribution < 1.29 is 17.5 Å². The molecule has 5 nitrogen and oxygen atoms in total. The Bertz CT molecular complexity index is 762. The summed E-state index contributed by atoms with van der Waals surface area (Å²) in [7, 11) is -2.49. The van der Waals surface area contributed by atoms with Crippen LogP contribution in [0.1, 0.15) is 4.88 Å². The standard InChI is InChI=1S/C12H12BrFN2O3S2/c1-19-10-4-7(14)2-3-9(10)16-21(17,18)11-5-8(6-15)20-12(11)13/h2-5,16H,6,15H2,1H3. The predicted molar refractivity (Wildman–Crippen MR) is 83.7 cm³/mol. The monoisotopic (exact) mass is 394 g/mol. The molecule has 0 unspecified atom stereocenters. The van der Waals surface area contributed by atoms with Gasteiger partial charge in [-0.05, 0) is 34.1 Å². The third-order valence-electron chi connectivity index (χ3n) is 2.61. The van der Waals surface area contributed by atoms with Crippen molar-refractivity contribution in [1.29, 1.82) is 0 Å². The van der Waals surface area contributed by atoms with Crippen molar-refractivity contribution in [3.8, 4) is 5.75 Å². The lowest BCUT2D eigenvalue weighted by Crippen LogP contribution is -2.13. The van der Waals surface area contributed by atoms with E-state index in [4.69, 9.17) is 10.5 Å². The molecular formula is C12H12BrFN2O3S2. The highest BCUT2D eigenvalue weighted by atomic mass is 79.9. The molecule has 0 spiro atoms. The first kappa shape index (κ1) is 16.2. The van der Waals surface area contributed by atoms with E-state index in [9.17, 15) is 12.8 Å². The number of nitrogens with two attached hydrogens (primary N) is 1. The predicted octanol–water partition coefficient (Wildman–Crippen LogP) is 2.92. The smallest absolute Gasteiger partial charge is 0.264 e. The fourth-order valence-electron chi connectivity index (χ4n) is 1.63. The van der Waals surface area contributed by atoms with E-state index in [-0.39, 0.29) is 22.9 Å². The molecular weight excluding hydrogens is 383 g/mol. The zero-order valence-corrected chi connectivity index (χ0v) is 14.1. The van der Waals surface area contributed by atoms with Crippen molar-refractivity contribution in [2.24, 2.45) is 5.73 Å². The summed E-state index contributed by atoms with van der Waals surface area (Å²) in [6.45, 7) is 0.249. The van der Waals surface area contributed by atoms with E-state index in [1.54, 1.807) is 0 Å². The third kappa shape index (κ3) is 3.54. The van der Waals surface area contributed by atoms with Gasteiger partial charge in [0.2, 0.25) is 0 Å². The Morgan fingerprint density at radius 1 is 1.43 bits per heavy atom. The number of benzene rings is 1. The molecule has 3 N–H and O–H groups in total. The molecule has 0 atom stereocenters. The van der Waals surface area contributed by atoms with E-state index < -0.39 is 15.8 Å². The number of nitrogens with one attached hydrogen (secondary N) is 1. The zero-order chi connectivity index (χ0) is 15.6. The van der Waals surface area contributed by atoms with Gasteiger partial charge in [-0.15, -0.1) is 11.3 Å². The van der Waals surface area contributed by atoms with Gasteiger partial charge in [-0.25, -0.2) is 12.8 Å². The highest BCUT2D eigenvalue weighted by Gasteiger charge is 2.22. The van der Waals surface area contributed by atoms with E-state index >= 15 is 0 Å². The topological polar surface area (TPSA) is 81.4 Å². The molecule has 0 aliphatic carbocycles. The van der Waals surface area contributed by atoms with E-state index in [2.05, 4.69) is 20.7 Å². The molecule has 0 aliphatic heterocycles. The highest BCUT2D eigenvalue weighted by Crippen LogP contribution is 2.34. The van der Waals surface area contributed by atoms with Crippen molar-refractivity contribution in [2.75, 3.05) is 11.8 Å². The fraction of sp³-hybridized carbons (Fsp3) is 0.167. The molecule has 0 saturated carbocycles.